The Morgan fingerprint density at radius 1 is 1.17 bits per heavy atom. The number of para-hydroxylation sites is 1. The smallest absolute Gasteiger partial charge is 0.262 e. The maximum atomic E-state index is 5.63. The van der Waals surface area contributed by atoms with Crippen LogP contribution in [0.2, 0.25) is 0 Å². The Morgan fingerprint density at radius 3 is 2.92 bits per heavy atom. The fourth-order valence-electron chi connectivity index (χ4n) is 2.65. The number of benzene rings is 2. The fourth-order valence-corrected chi connectivity index (χ4v) is 2.65. The molecule has 4 rings (SSSR count). The van der Waals surface area contributed by atoms with E-state index in [9.17, 15) is 0 Å². The average molecular weight is 320 g/mol. The van der Waals surface area contributed by atoms with Crippen LogP contribution in [-0.2, 0) is 7.05 Å². The van der Waals surface area contributed by atoms with Gasteiger partial charge >= 0.3 is 0 Å². The van der Waals surface area contributed by atoms with Gasteiger partial charge in [0.15, 0.2) is 0 Å². The van der Waals surface area contributed by atoms with Crippen molar-refractivity contribution in [2.24, 2.45) is 7.05 Å². The van der Waals surface area contributed by atoms with Gasteiger partial charge < -0.3 is 13.8 Å². The molecule has 120 valence electrons. The van der Waals surface area contributed by atoms with E-state index in [0.29, 0.717) is 18.3 Å². The largest absolute Gasteiger partial charge is 0.493 e. The van der Waals surface area contributed by atoms with Crippen LogP contribution in [0.15, 0.2) is 53.3 Å². The van der Waals surface area contributed by atoms with Gasteiger partial charge in [0, 0.05) is 12.6 Å². The molecule has 0 aliphatic rings. The first kappa shape index (κ1) is 14.4. The van der Waals surface area contributed by atoms with Crippen molar-refractivity contribution < 1.29 is 9.26 Å². The number of aryl methyl sites for hydroxylation is 1. The fraction of sp³-hybridized carbons (Fsp3) is 0.167. The van der Waals surface area contributed by atoms with Crippen molar-refractivity contribution >= 4 is 11.0 Å². The zero-order chi connectivity index (χ0) is 16.5. The molecule has 24 heavy (non-hydrogen) atoms. The predicted octanol–water partition coefficient (Wildman–Crippen LogP) is 3.69. The zero-order valence-corrected chi connectivity index (χ0v) is 13.4. The Balaban J connectivity index is 1.74. The second-order valence-electron chi connectivity index (χ2n) is 5.41. The van der Waals surface area contributed by atoms with E-state index in [1.165, 1.54) is 0 Å². The summed E-state index contributed by atoms with van der Waals surface area (Å²) in [6.45, 7) is 2.52. The molecule has 0 saturated heterocycles. The molecular formula is C18H16N4O2. The van der Waals surface area contributed by atoms with Crippen LogP contribution in [0.25, 0.3) is 33.9 Å². The third-order valence-corrected chi connectivity index (χ3v) is 3.83. The van der Waals surface area contributed by atoms with Gasteiger partial charge in [0.2, 0.25) is 5.82 Å². The first-order valence-corrected chi connectivity index (χ1v) is 7.73. The van der Waals surface area contributed by atoms with Crippen LogP contribution in [0, 0.1) is 0 Å². The van der Waals surface area contributed by atoms with E-state index in [2.05, 4.69) is 15.1 Å². The lowest BCUT2D eigenvalue weighted by molar-refractivity contribution is 0.339. The predicted molar refractivity (Wildman–Crippen MR) is 90.6 cm³/mol. The number of hydrogen-bond donors (Lipinski definition) is 0. The second-order valence-corrected chi connectivity index (χ2v) is 5.41. The van der Waals surface area contributed by atoms with Gasteiger partial charge in [-0.2, -0.15) is 4.98 Å². The summed E-state index contributed by atoms with van der Waals surface area (Å²) < 4.78 is 13.0. The van der Waals surface area contributed by atoms with Gasteiger partial charge in [-0.15, -0.1) is 0 Å². The first-order valence-electron chi connectivity index (χ1n) is 7.73. The van der Waals surface area contributed by atoms with Crippen LogP contribution in [0.5, 0.6) is 5.75 Å². The molecule has 0 unspecified atom stereocenters. The standard InChI is InChI=1S/C18H16N4O2/c1-3-23-16-7-5-4-6-13(16)18-20-17(21-24-18)12-8-9-15-14(10-12)19-11-22(15)2/h4-11H,3H2,1-2H3. The topological polar surface area (TPSA) is 66.0 Å². The second kappa shape index (κ2) is 5.81. The SMILES string of the molecule is CCOc1ccccc1-c1nc(-c2ccc3c(c2)ncn3C)no1. The van der Waals surface area contributed by atoms with Crippen LogP contribution < -0.4 is 4.74 Å². The maximum absolute atomic E-state index is 5.63. The molecule has 0 amide bonds. The third kappa shape index (κ3) is 2.42. The highest BCUT2D eigenvalue weighted by Gasteiger charge is 2.15. The molecular weight excluding hydrogens is 304 g/mol. The molecule has 0 N–H and O–H groups in total. The van der Waals surface area contributed by atoms with Crippen LogP contribution in [0.1, 0.15) is 6.92 Å². The highest BCUT2D eigenvalue weighted by atomic mass is 16.5. The number of aromatic nitrogens is 4. The molecule has 0 radical (unpaired) electrons. The average Bonchev–Trinajstić information content (AvgIpc) is 3.23. The van der Waals surface area contributed by atoms with Gasteiger partial charge in [0.1, 0.15) is 5.75 Å². The molecule has 0 saturated carbocycles. The molecule has 6 heteroatoms. The Hall–Kier alpha value is -3.15. The lowest BCUT2D eigenvalue weighted by Gasteiger charge is -2.05. The molecule has 4 aromatic rings. The van der Waals surface area contributed by atoms with Crippen molar-refractivity contribution in [1.29, 1.82) is 0 Å². The van der Waals surface area contributed by atoms with E-state index in [1.54, 1.807) is 6.33 Å². The quantitative estimate of drug-likeness (QED) is 0.574. The van der Waals surface area contributed by atoms with Crippen molar-refractivity contribution in [2.75, 3.05) is 6.61 Å². The highest BCUT2D eigenvalue weighted by Crippen LogP contribution is 2.30. The van der Waals surface area contributed by atoms with Gasteiger partial charge in [-0.25, -0.2) is 4.98 Å². The molecule has 2 heterocycles. The van der Waals surface area contributed by atoms with Crippen LogP contribution in [-0.4, -0.2) is 26.3 Å². The van der Waals surface area contributed by atoms with E-state index >= 15 is 0 Å². The Kier molecular flexibility index (Phi) is 3.49. The number of hydrogen-bond acceptors (Lipinski definition) is 5. The minimum atomic E-state index is 0.440. The van der Waals surface area contributed by atoms with E-state index in [1.807, 2.05) is 61.0 Å². The summed E-state index contributed by atoms with van der Waals surface area (Å²) in [6, 6.07) is 13.6. The molecule has 2 aromatic heterocycles. The summed E-state index contributed by atoms with van der Waals surface area (Å²) >= 11 is 0. The maximum Gasteiger partial charge on any atom is 0.262 e. The molecule has 0 atom stereocenters. The number of nitrogens with zero attached hydrogens (tertiary/aromatic N) is 4. The minimum Gasteiger partial charge on any atom is -0.493 e. The summed E-state index contributed by atoms with van der Waals surface area (Å²) in [5.74, 6) is 1.70. The lowest BCUT2D eigenvalue weighted by Crippen LogP contribution is -1.93. The van der Waals surface area contributed by atoms with Crippen LogP contribution in [0.4, 0.5) is 0 Å². The molecule has 2 aromatic carbocycles. The molecule has 0 fully saturated rings. The number of fused-ring (bicyclic) bond motifs is 1. The molecule has 0 aliphatic heterocycles. The number of ether oxygens (including phenoxy) is 1. The molecule has 6 nitrogen and oxygen atoms in total. The van der Waals surface area contributed by atoms with Crippen LogP contribution >= 0.6 is 0 Å². The number of rotatable bonds is 4. The zero-order valence-electron chi connectivity index (χ0n) is 13.4. The van der Waals surface area contributed by atoms with E-state index in [4.69, 9.17) is 9.26 Å². The van der Waals surface area contributed by atoms with Crippen molar-refractivity contribution in [3.05, 3.63) is 48.8 Å². The molecule has 0 aliphatic carbocycles. The highest BCUT2D eigenvalue weighted by molar-refractivity contribution is 5.80. The summed E-state index contributed by atoms with van der Waals surface area (Å²) in [6.07, 6.45) is 1.79. The van der Waals surface area contributed by atoms with Gasteiger partial charge in [-0.05, 0) is 37.3 Å². The minimum absolute atomic E-state index is 0.440. The summed E-state index contributed by atoms with van der Waals surface area (Å²) in [5.41, 5.74) is 3.61. The van der Waals surface area contributed by atoms with Crippen molar-refractivity contribution in [3.8, 4) is 28.6 Å². The third-order valence-electron chi connectivity index (χ3n) is 3.83. The first-order chi connectivity index (χ1) is 11.8. The van der Waals surface area contributed by atoms with Crippen molar-refractivity contribution in [3.63, 3.8) is 0 Å². The van der Waals surface area contributed by atoms with E-state index < -0.39 is 0 Å². The number of imidazole rings is 1. The Bertz CT molecular complexity index is 1000. The summed E-state index contributed by atoms with van der Waals surface area (Å²) in [5, 5.41) is 4.10. The van der Waals surface area contributed by atoms with Crippen molar-refractivity contribution in [2.45, 2.75) is 6.92 Å². The monoisotopic (exact) mass is 320 g/mol. The van der Waals surface area contributed by atoms with Gasteiger partial charge in [-0.1, -0.05) is 17.3 Å². The van der Waals surface area contributed by atoms with E-state index in [-0.39, 0.29) is 0 Å². The summed E-state index contributed by atoms with van der Waals surface area (Å²) in [4.78, 5) is 8.88. The van der Waals surface area contributed by atoms with Gasteiger partial charge in [0.25, 0.3) is 5.89 Å². The van der Waals surface area contributed by atoms with E-state index in [0.717, 1.165) is 27.9 Å². The van der Waals surface area contributed by atoms with Crippen molar-refractivity contribution in [1.82, 2.24) is 19.7 Å². The van der Waals surface area contributed by atoms with Crippen LogP contribution in [0.3, 0.4) is 0 Å². The van der Waals surface area contributed by atoms with Gasteiger partial charge in [0.05, 0.1) is 29.5 Å². The summed E-state index contributed by atoms with van der Waals surface area (Å²) in [7, 11) is 1.96. The van der Waals surface area contributed by atoms with Gasteiger partial charge in [-0.3, -0.25) is 0 Å². The normalized spacial score (nSPS) is 11.1. The Morgan fingerprint density at radius 2 is 2.04 bits per heavy atom. The lowest BCUT2D eigenvalue weighted by atomic mass is 10.2. The Labute approximate surface area is 138 Å². The molecule has 0 spiro atoms. The molecule has 0 bridgehead atoms.